The Morgan fingerprint density at radius 3 is 2.35 bits per heavy atom. The van der Waals surface area contributed by atoms with E-state index >= 15 is 0 Å². The highest BCUT2D eigenvalue weighted by Crippen LogP contribution is 2.48. The SMILES string of the molecule is Cc1ccccc1C(C(=O)N1[C@@H]2CC[C@H]1[C@H]1CNC[C@H]12)N(C)C. The van der Waals surface area contributed by atoms with E-state index in [0.29, 0.717) is 29.8 Å². The van der Waals surface area contributed by atoms with Gasteiger partial charge in [-0.1, -0.05) is 24.3 Å². The normalized spacial score (nSPS) is 33.3. The highest BCUT2D eigenvalue weighted by molar-refractivity contribution is 5.85. The zero-order chi connectivity index (χ0) is 16.1. The highest BCUT2D eigenvalue weighted by atomic mass is 16.2. The molecule has 1 aromatic carbocycles. The van der Waals surface area contributed by atoms with E-state index in [1.807, 2.05) is 26.2 Å². The van der Waals surface area contributed by atoms with Crippen LogP contribution in [-0.2, 0) is 4.79 Å². The number of nitrogens with one attached hydrogen (secondary N) is 1. The van der Waals surface area contributed by atoms with Crippen LogP contribution in [0.4, 0.5) is 0 Å². The van der Waals surface area contributed by atoms with E-state index in [4.69, 9.17) is 0 Å². The van der Waals surface area contributed by atoms with Gasteiger partial charge in [-0.3, -0.25) is 9.69 Å². The number of nitrogens with zero attached hydrogens (tertiary/aromatic N) is 2. The van der Waals surface area contributed by atoms with E-state index in [2.05, 4.69) is 34.2 Å². The second-order valence-corrected chi connectivity index (χ2v) is 7.67. The number of amides is 1. The first-order chi connectivity index (χ1) is 11.1. The maximum Gasteiger partial charge on any atom is 0.245 e. The Balaban J connectivity index is 1.66. The van der Waals surface area contributed by atoms with Crippen molar-refractivity contribution in [1.82, 2.24) is 15.1 Å². The van der Waals surface area contributed by atoms with Gasteiger partial charge in [0.15, 0.2) is 0 Å². The fourth-order valence-electron chi connectivity index (χ4n) is 5.26. The van der Waals surface area contributed by atoms with Crippen LogP contribution in [0.1, 0.15) is 30.0 Å². The average molecular weight is 313 g/mol. The number of carbonyl (C=O) groups excluding carboxylic acids is 1. The zero-order valence-corrected chi connectivity index (χ0v) is 14.3. The molecule has 3 fully saturated rings. The van der Waals surface area contributed by atoms with Gasteiger partial charge in [0.1, 0.15) is 6.04 Å². The summed E-state index contributed by atoms with van der Waals surface area (Å²) in [6.45, 7) is 4.29. The molecule has 3 heterocycles. The largest absolute Gasteiger partial charge is 0.334 e. The standard InChI is InChI=1S/C19H27N3O/c1-12-6-4-5-7-13(12)18(21(2)3)19(23)22-16-8-9-17(22)15-11-20-10-14(15)16/h4-7,14-18,20H,8-11H2,1-3H3/t14-,15+,16-,17+,18?. The van der Waals surface area contributed by atoms with E-state index in [-0.39, 0.29) is 6.04 Å². The van der Waals surface area contributed by atoms with Crippen molar-refractivity contribution in [2.24, 2.45) is 11.8 Å². The molecule has 2 bridgehead atoms. The molecule has 4 nitrogen and oxygen atoms in total. The van der Waals surface area contributed by atoms with Crippen LogP contribution in [0.5, 0.6) is 0 Å². The molecular weight excluding hydrogens is 286 g/mol. The molecule has 0 spiro atoms. The van der Waals surface area contributed by atoms with Crippen molar-refractivity contribution in [2.75, 3.05) is 27.2 Å². The zero-order valence-electron chi connectivity index (χ0n) is 14.3. The highest BCUT2D eigenvalue weighted by Gasteiger charge is 2.57. The van der Waals surface area contributed by atoms with Gasteiger partial charge in [0.25, 0.3) is 0 Å². The summed E-state index contributed by atoms with van der Waals surface area (Å²) in [4.78, 5) is 17.8. The summed E-state index contributed by atoms with van der Waals surface area (Å²) in [5.74, 6) is 1.67. The third-order valence-electron chi connectivity index (χ3n) is 6.26. The van der Waals surface area contributed by atoms with Gasteiger partial charge in [0.2, 0.25) is 5.91 Å². The molecule has 4 rings (SSSR count). The Labute approximate surface area is 138 Å². The fourth-order valence-corrected chi connectivity index (χ4v) is 5.26. The molecule has 1 unspecified atom stereocenters. The predicted molar refractivity (Wildman–Crippen MR) is 91.1 cm³/mol. The summed E-state index contributed by atoms with van der Waals surface area (Å²) in [6, 6.07) is 9.06. The number of rotatable bonds is 3. The quantitative estimate of drug-likeness (QED) is 0.924. The molecule has 5 atom stereocenters. The van der Waals surface area contributed by atoms with Gasteiger partial charge in [0, 0.05) is 25.2 Å². The average Bonchev–Trinajstić information content (AvgIpc) is 3.20. The van der Waals surface area contributed by atoms with Crippen molar-refractivity contribution in [1.29, 1.82) is 0 Å². The van der Waals surface area contributed by atoms with Crippen LogP contribution >= 0.6 is 0 Å². The number of fused-ring (bicyclic) bond motifs is 5. The molecule has 0 aliphatic carbocycles. The molecule has 3 aliphatic rings. The molecular formula is C19H27N3O. The van der Waals surface area contributed by atoms with Crippen LogP contribution in [0, 0.1) is 18.8 Å². The molecule has 23 heavy (non-hydrogen) atoms. The molecule has 0 saturated carbocycles. The first-order valence-corrected chi connectivity index (χ1v) is 8.84. The lowest BCUT2D eigenvalue weighted by Crippen LogP contribution is -2.45. The van der Waals surface area contributed by atoms with E-state index in [1.165, 1.54) is 18.4 Å². The van der Waals surface area contributed by atoms with Crippen LogP contribution < -0.4 is 5.32 Å². The van der Waals surface area contributed by atoms with Crippen molar-refractivity contribution in [3.63, 3.8) is 0 Å². The smallest absolute Gasteiger partial charge is 0.245 e. The summed E-state index contributed by atoms with van der Waals surface area (Å²) >= 11 is 0. The lowest BCUT2D eigenvalue weighted by atomic mass is 9.82. The van der Waals surface area contributed by atoms with Crippen molar-refractivity contribution in [3.05, 3.63) is 35.4 Å². The van der Waals surface area contributed by atoms with Gasteiger partial charge in [-0.15, -0.1) is 0 Å². The molecule has 1 aromatic rings. The maximum atomic E-state index is 13.5. The minimum atomic E-state index is -0.161. The van der Waals surface area contributed by atoms with Crippen LogP contribution in [-0.4, -0.2) is 55.0 Å². The van der Waals surface area contributed by atoms with Crippen LogP contribution in [0.2, 0.25) is 0 Å². The molecule has 0 aromatic heterocycles. The van der Waals surface area contributed by atoms with Crippen LogP contribution in [0.25, 0.3) is 0 Å². The second kappa shape index (κ2) is 5.60. The summed E-state index contributed by atoms with van der Waals surface area (Å²) in [7, 11) is 4.05. The van der Waals surface area contributed by atoms with Crippen LogP contribution in [0.15, 0.2) is 24.3 Å². The molecule has 0 radical (unpaired) electrons. The number of hydrogen-bond donors (Lipinski definition) is 1. The number of benzene rings is 1. The van der Waals surface area contributed by atoms with Crippen LogP contribution in [0.3, 0.4) is 0 Å². The number of carbonyl (C=O) groups is 1. The van der Waals surface area contributed by atoms with E-state index in [9.17, 15) is 4.79 Å². The van der Waals surface area contributed by atoms with E-state index in [0.717, 1.165) is 18.7 Å². The second-order valence-electron chi connectivity index (χ2n) is 7.67. The third-order valence-corrected chi connectivity index (χ3v) is 6.26. The fraction of sp³-hybridized carbons (Fsp3) is 0.632. The molecule has 3 saturated heterocycles. The Morgan fingerprint density at radius 2 is 1.78 bits per heavy atom. The number of aryl methyl sites for hydroxylation is 1. The predicted octanol–water partition coefficient (Wildman–Crippen LogP) is 1.81. The monoisotopic (exact) mass is 313 g/mol. The van der Waals surface area contributed by atoms with Gasteiger partial charge in [0.05, 0.1) is 0 Å². The lowest BCUT2D eigenvalue weighted by Gasteiger charge is -2.33. The lowest BCUT2D eigenvalue weighted by molar-refractivity contribution is -0.138. The van der Waals surface area contributed by atoms with E-state index in [1.54, 1.807) is 0 Å². The Hall–Kier alpha value is -1.39. The summed E-state index contributed by atoms with van der Waals surface area (Å²) < 4.78 is 0. The van der Waals surface area contributed by atoms with Gasteiger partial charge in [-0.2, -0.15) is 0 Å². The molecule has 3 aliphatic heterocycles. The molecule has 4 heteroatoms. The third kappa shape index (κ3) is 2.23. The van der Waals surface area contributed by atoms with Gasteiger partial charge in [-0.25, -0.2) is 0 Å². The first kappa shape index (κ1) is 15.2. The van der Waals surface area contributed by atoms with Gasteiger partial charge in [-0.05, 0) is 56.8 Å². The summed E-state index contributed by atoms with van der Waals surface area (Å²) in [5.41, 5.74) is 2.35. The Morgan fingerprint density at radius 1 is 1.17 bits per heavy atom. The van der Waals surface area contributed by atoms with Crippen molar-refractivity contribution in [2.45, 2.75) is 37.9 Å². The first-order valence-electron chi connectivity index (χ1n) is 8.84. The van der Waals surface area contributed by atoms with Crippen molar-refractivity contribution >= 4 is 5.91 Å². The summed E-state index contributed by atoms with van der Waals surface area (Å²) in [5, 5.41) is 3.53. The minimum Gasteiger partial charge on any atom is -0.334 e. The van der Waals surface area contributed by atoms with Gasteiger partial charge >= 0.3 is 0 Å². The number of hydrogen-bond acceptors (Lipinski definition) is 3. The minimum absolute atomic E-state index is 0.161. The molecule has 1 amide bonds. The topological polar surface area (TPSA) is 35.6 Å². The molecule has 1 N–H and O–H groups in total. The van der Waals surface area contributed by atoms with Crippen molar-refractivity contribution in [3.8, 4) is 0 Å². The number of likely N-dealkylation sites (N-methyl/N-ethyl adjacent to an activating group) is 1. The maximum absolute atomic E-state index is 13.5. The van der Waals surface area contributed by atoms with E-state index < -0.39 is 0 Å². The Bertz CT molecular complexity index is 596. The van der Waals surface area contributed by atoms with Crippen molar-refractivity contribution < 1.29 is 4.79 Å². The summed E-state index contributed by atoms with van der Waals surface area (Å²) in [6.07, 6.45) is 2.38. The van der Waals surface area contributed by atoms with Gasteiger partial charge < -0.3 is 10.2 Å². The Kier molecular flexibility index (Phi) is 3.69. The molecule has 124 valence electrons.